The highest BCUT2D eigenvalue weighted by Crippen LogP contribution is 2.18. The lowest BCUT2D eigenvalue weighted by Crippen LogP contribution is -2.50. The first-order chi connectivity index (χ1) is 9.05. The molecule has 0 bridgehead atoms. The third-order valence-electron chi connectivity index (χ3n) is 3.18. The van der Waals surface area contributed by atoms with E-state index in [1.165, 1.54) is 0 Å². The van der Waals surface area contributed by atoms with Crippen LogP contribution in [0.2, 0.25) is 5.02 Å². The lowest BCUT2D eigenvalue weighted by molar-refractivity contribution is -0.124. The number of amides is 1. The van der Waals surface area contributed by atoms with Gasteiger partial charge < -0.3 is 10.1 Å². The van der Waals surface area contributed by atoms with Gasteiger partial charge in [0.2, 0.25) is 0 Å². The van der Waals surface area contributed by atoms with Gasteiger partial charge >= 0.3 is 0 Å². The molecule has 0 aliphatic carbocycles. The molecular weight excluding hydrogens is 285 g/mol. The normalized spacial score (nSPS) is 11.2. The smallest absolute Gasteiger partial charge is 0.258 e. The summed E-state index contributed by atoms with van der Waals surface area (Å²) in [7, 11) is 0. The molecule has 1 N–H and O–H groups in total. The standard InChI is InChI=1S/C14H19Cl2NO2/c1-3-14(4-2,10-15)17-13(18)9-19-12-7-5-6-11(16)8-12/h5-8H,3-4,9-10H2,1-2H3,(H,17,18). The first kappa shape index (κ1) is 16.1. The van der Waals surface area contributed by atoms with Crippen LogP contribution in [-0.2, 0) is 4.79 Å². The van der Waals surface area contributed by atoms with Crippen LogP contribution in [0.5, 0.6) is 5.75 Å². The Morgan fingerprint density at radius 1 is 1.37 bits per heavy atom. The minimum Gasteiger partial charge on any atom is -0.484 e. The van der Waals surface area contributed by atoms with E-state index in [0.29, 0.717) is 16.7 Å². The van der Waals surface area contributed by atoms with Crippen LogP contribution in [0.4, 0.5) is 0 Å². The molecule has 0 heterocycles. The summed E-state index contributed by atoms with van der Waals surface area (Å²) in [4.78, 5) is 11.9. The van der Waals surface area contributed by atoms with Crippen LogP contribution in [0.25, 0.3) is 0 Å². The minimum absolute atomic E-state index is 0.0427. The van der Waals surface area contributed by atoms with Crippen molar-refractivity contribution < 1.29 is 9.53 Å². The Balaban J connectivity index is 2.52. The predicted molar refractivity (Wildman–Crippen MR) is 79.1 cm³/mol. The zero-order valence-electron chi connectivity index (χ0n) is 11.2. The SMILES string of the molecule is CCC(CC)(CCl)NC(=O)COc1cccc(Cl)c1. The maximum atomic E-state index is 11.9. The molecule has 19 heavy (non-hydrogen) atoms. The number of carbonyl (C=O) groups is 1. The van der Waals surface area contributed by atoms with Gasteiger partial charge in [-0.05, 0) is 31.0 Å². The number of halogens is 2. The van der Waals surface area contributed by atoms with Gasteiger partial charge in [-0.25, -0.2) is 0 Å². The first-order valence-electron chi connectivity index (χ1n) is 6.30. The van der Waals surface area contributed by atoms with Crippen molar-refractivity contribution in [3.05, 3.63) is 29.3 Å². The van der Waals surface area contributed by atoms with Crippen LogP contribution in [-0.4, -0.2) is 23.9 Å². The van der Waals surface area contributed by atoms with E-state index in [4.69, 9.17) is 27.9 Å². The summed E-state index contributed by atoms with van der Waals surface area (Å²) in [6.45, 7) is 3.97. The van der Waals surface area contributed by atoms with Crippen molar-refractivity contribution in [3.8, 4) is 5.75 Å². The van der Waals surface area contributed by atoms with E-state index in [0.717, 1.165) is 12.8 Å². The molecule has 0 saturated carbocycles. The Hall–Kier alpha value is -0.930. The van der Waals surface area contributed by atoms with Crippen molar-refractivity contribution in [2.24, 2.45) is 0 Å². The molecule has 1 aromatic rings. The lowest BCUT2D eigenvalue weighted by atomic mass is 9.95. The predicted octanol–water partition coefficient (Wildman–Crippen LogP) is 3.63. The van der Waals surface area contributed by atoms with Crippen molar-refractivity contribution in [2.75, 3.05) is 12.5 Å². The number of benzene rings is 1. The summed E-state index contributed by atoms with van der Waals surface area (Å²) in [6.07, 6.45) is 1.58. The van der Waals surface area contributed by atoms with Crippen LogP contribution in [0, 0.1) is 0 Å². The third kappa shape index (κ3) is 4.92. The van der Waals surface area contributed by atoms with Crippen molar-refractivity contribution in [1.82, 2.24) is 5.32 Å². The number of rotatable bonds is 7. The van der Waals surface area contributed by atoms with Crippen molar-refractivity contribution in [2.45, 2.75) is 32.2 Å². The van der Waals surface area contributed by atoms with Crippen LogP contribution in [0.3, 0.4) is 0 Å². The van der Waals surface area contributed by atoms with E-state index < -0.39 is 0 Å². The Morgan fingerprint density at radius 2 is 2.05 bits per heavy atom. The fourth-order valence-electron chi connectivity index (χ4n) is 1.69. The molecule has 0 spiro atoms. The van der Waals surface area contributed by atoms with E-state index in [1.54, 1.807) is 24.3 Å². The molecule has 1 amide bonds. The maximum Gasteiger partial charge on any atom is 0.258 e. The Bertz CT molecular complexity index is 411. The molecule has 1 rings (SSSR count). The molecule has 1 aromatic carbocycles. The molecule has 0 atom stereocenters. The van der Waals surface area contributed by atoms with Crippen LogP contribution in [0.15, 0.2) is 24.3 Å². The van der Waals surface area contributed by atoms with Gasteiger partial charge in [-0.2, -0.15) is 0 Å². The monoisotopic (exact) mass is 303 g/mol. The van der Waals surface area contributed by atoms with E-state index in [2.05, 4.69) is 5.32 Å². The third-order valence-corrected chi connectivity index (χ3v) is 3.93. The second kappa shape index (κ2) is 7.61. The Labute approximate surface area is 124 Å². The van der Waals surface area contributed by atoms with Crippen molar-refractivity contribution in [3.63, 3.8) is 0 Å². The molecular formula is C14H19Cl2NO2. The molecule has 0 unspecified atom stereocenters. The van der Waals surface area contributed by atoms with E-state index in [-0.39, 0.29) is 18.1 Å². The summed E-state index contributed by atoms with van der Waals surface area (Å²) in [5.41, 5.74) is -0.351. The zero-order valence-corrected chi connectivity index (χ0v) is 12.7. The van der Waals surface area contributed by atoms with Gasteiger partial charge in [-0.3, -0.25) is 4.79 Å². The van der Waals surface area contributed by atoms with Gasteiger partial charge in [0.05, 0.1) is 5.54 Å². The zero-order chi connectivity index (χ0) is 14.3. The fraction of sp³-hybridized carbons (Fsp3) is 0.500. The summed E-state index contributed by atoms with van der Waals surface area (Å²) in [5, 5.41) is 3.51. The lowest BCUT2D eigenvalue weighted by Gasteiger charge is -2.30. The van der Waals surface area contributed by atoms with E-state index in [1.807, 2.05) is 13.8 Å². The number of hydrogen-bond donors (Lipinski definition) is 1. The largest absolute Gasteiger partial charge is 0.484 e. The average molecular weight is 304 g/mol. The van der Waals surface area contributed by atoms with Gasteiger partial charge in [0, 0.05) is 10.9 Å². The highest BCUT2D eigenvalue weighted by atomic mass is 35.5. The van der Waals surface area contributed by atoms with Crippen molar-refractivity contribution >= 4 is 29.1 Å². The molecule has 3 nitrogen and oxygen atoms in total. The molecule has 0 saturated heterocycles. The van der Waals surface area contributed by atoms with Gasteiger partial charge in [-0.1, -0.05) is 31.5 Å². The summed E-state index contributed by atoms with van der Waals surface area (Å²) in [5.74, 6) is 0.791. The molecule has 0 aliphatic heterocycles. The molecule has 0 aliphatic rings. The highest BCUT2D eigenvalue weighted by Gasteiger charge is 2.26. The molecule has 106 valence electrons. The second-order valence-corrected chi connectivity index (χ2v) is 5.12. The van der Waals surface area contributed by atoms with E-state index in [9.17, 15) is 4.79 Å². The van der Waals surface area contributed by atoms with Crippen LogP contribution in [0.1, 0.15) is 26.7 Å². The summed E-state index contributed by atoms with van der Waals surface area (Å²) >= 11 is 11.8. The van der Waals surface area contributed by atoms with Crippen molar-refractivity contribution in [1.29, 1.82) is 0 Å². The highest BCUT2D eigenvalue weighted by molar-refractivity contribution is 6.30. The summed E-state index contributed by atoms with van der Waals surface area (Å²) < 4.78 is 5.39. The first-order valence-corrected chi connectivity index (χ1v) is 7.22. The van der Waals surface area contributed by atoms with E-state index >= 15 is 0 Å². The fourth-order valence-corrected chi connectivity index (χ4v) is 2.31. The van der Waals surface area contributed by atoms with Gasteiger partial charge in [0.1, 0.15) is 5.75 Å². The molecule has 0 radical (unpaired) electrons. The minimum atomic E-state index is -0.351. The molecule has 0 fully saturated rings. The Kier molecular flexibility index (Phi) is 6.46. The molecule has 5 heteroatoms. The Morgan fingerprint density at radius 3 is 2.58 bits per heavy atom. The molecule has 0 aromatic heterocycles. The average Bonchev–Trinajstić information content (AvgIpc) is 2.43. The number of nitrogens with one attached hydrogen (secondary N) is 1. The van der Waals surface area contributed by atoms with Gasteiger partial charge in [-0.15, -0.1) is 11.6 Å². The number of carbonyl (C=O) groups excluding carboxylic acids is 1. The summed E-state index contributed by atoms with van der Waals surface area (Å²) in [6, 6.07) is 6.95. The van der Waals surface area contributed by atoms with Gasteiger partial charge in [0.25, 0.3) is 5.91 Å². The number of hydrogen-bond acceptors (Lipinski definition) is 2. The quantitative estimate of drug-likeness (QED) is 0.781. The second-order valence-electron chi connectivity index (χ2n) is 4.42. The maximum absolute atomic E-state index is 11.9. The van der Waals surface area contributed by atoms with Crippen LogP contribution < -0.4 is 10.1 Å². The topological polar surface area (TPSA) is 38.3 Å². The number of alkyl halides is 1. The van der Waals surface area contributed by atoms with Crippen LogP contribution >= 0.6 is 23.2 Å². The van der Waals surface area contributed by atoms with Gasteiger partial charge in [0.15, 0.2) is 6.61 Å². The number of ether oxygens (including phenoxy) is 1.